The van der Waals surface area contributed by atoms with Crippen LogP contribution in [-0.2, 0) is 0 Å². The average Bonchev–Trinajstić information content (AvgIpc) is 2.17. The molecule has 2 N–H and O–H groups in total. The molecule has 82 valence electrons. The lowest BCUT2D eigenvalue weighted by molar-refractivity contribution is 0.505. The number of hydrogen-bond acceptors (Lipinski definition) is 3. The zero-order valence-corrected chi connectivity index (χ0v) is 9.53. The van der Waals surface area contributed by atoms with E-state index in [9.17, 15) is 0 Å². The van der Waals surface area contributed by atoms with E-state index >= 15 is 0 Å². The van der Waals surface area contributed by atoms with E-state index in [-0.39, 0.29) is 0 Å². The topological polar surface area (TPSA) is 42.1 Å². The summed E-state index contributed by atoms with van der Waals surface area (Å²) in [7, 11) is 0. The summed E-state index contributed by atoms with van der Waals surface area (Å²) in [5.74, 6) is 0. The van der Waals surface area contributed by atoms with Crippen LogP contribution in [-0.4, -0.2) is 24.1 Å². The van der Waals surface area contributed by atoms with Gasteiger partial charge in [-0.1, -0.05) is 0 Å². The highest BCUT2D eigenvalue weighted by Gasteiger charge is 2.18. The first-order chi connectivity index (χ1) is 7.16. The van der Waals surface area contributed by atoms with Crippen LogP contribution in [0.5, 0.6) is 0 Å². The highest BCUT2D eigenvalue weighted by Crippen LogP contribution is 2.22. The molecule has 2 rings (SSSR count). The molecule has 1 unspecified atom stereocenters. The predicted octanol–water partition coefficient (Wildman–Crippen LogP) is 1.63. The van der Waals surface area contributed by atoms with Gasteiger partial charge in [-0.25, -0.2) is 0 Å². The molecular weight excluding hydrogens is 186 g/mol. The molecule has 3 nitrogen and oxygen atoms in total. The molecule has 1 aromatic rings. The van der Waals surface area contributed by atoms with Crippen LogP contribution in [0.2, 0.25) is 0 Å². The highest BCUT2D eigenvalue weighted by molar-refractivity contribution is 5.51. The van der Waals surface area contributed by atoms with Gasteiger partial charge in [-0.15, -0.1) is 0 Å². The van der Waals surface area contributed by atoms with Gasteiger partial charge < -0.3 is 10.6 Å². The van der Waals surface area contributed by atoms with Gasteiger partial charge in [0.05, 0.1) is 11.4 Å². The molecular formula is C12H19N3. The number of aryl methyl sites for hydroxylation is 2. The Morgan fingerprint density at radius 3 is 2.87 bits per heavy atom. The first-order valence-electron chi connectivity index (χ1n) is 5.61. The van der Waals surface area contributed by atoms with Crippen LogP contribution in [0, 0.1) is 13.8 Å². The fourth-order valence-corrected chi connectivity index (χ4v) is 2.24. The Hall–Kier alpha value is -1.09. The minimum Gasteiger partial charge on any atom is -0.369 e. The van der Waals surface area contributed by atoms with Crippen molar-refractivity contribution in [3.63, 3.8) is 0 Å². The molecule has 0 spiro atoms. The van der Waals surface area contributed by atoms with Gasteiger partial charge in [0.2, 0.25) is 0 Å². The number of pyridine rings is 1. The standard InChI is InChI=1S/C12H19N3/c1-9-5-6-12(10(2)14-9)15-7-3-4-11(13)8-15/h5-6,11H,3-4,7-8,13H2,1-2H3. The summed E-state index contributed by atoms with van der Waals surface area (Å²) in [5.41, 5.74) is 9.42. The maximum absolute atomic E-state index is 5.98. The van der Waals surface area contributed by atoms with Gasteiger partial charge >= 0.3 is 0 Å². The van der Waals surface area contributed by atoms with Gasteiger partial charge in [-0.2, -0.15) is 0 Å². The van der Waals surface area contributed by atoms with Gasteiger partial charge in [0.15, 0.2) is 0 Å². The number of rotatable bonds is 1. The van der Waals surface area contributed by atoms with Crippen LogP contribution < -0.4 is 10.6 Å². The molecule has 0 aromatic carbocycles. The van der Waals surface area contributed by atoms with E-state index in [1.165, 1.54) is 12.1 Å². The molecule has 0 aliphatic carbocycles. The monoisotopic (exact) mass is 205 g/mol. The first-order valence-corrected chi connectivity index (χ1v) is 5.61. The zero-order valence-electron chi connectivity index (χ0n) is 9.53. The quantitative estimate of drug-likeness (QED) is 0.757. The summed E-state index contributed by atoms with van der Waals surface area (Å²) in [4.78, 5) is 6.85. The third kappa shape index (κ3) is 2.29. The van der Waals surface area contributed by atoms with E-state index in [1.807, 2.05) is 6.92 Å². The molecule has 1 atom stereocenters. The third-order valence-corrected chi connectivity index (χ3v) is 3.00. The van der Waals surface area contributed by atoms with Gasteiger partial charge in [0.25, 0.3) is 0 Å². The molecule has 3 heteroatoms. The molecule has 1 saturated heterocycles. The number of anilines is 1. The number of aromatic nitrogens is 1. The molecule has 1 aliphatic heterocycles. The molecule has 0 amide bonds. The number of nitrogens with zero attached hydrogens (tertiary/aromatic N) is 2. The van der Waals surface area contributed by atoms with Crippen LogP contribution in [0.25, 0.3) is 0 Å². The molecule has 0 saturated carbocycles. The van der Waals surface area contributed by atoms with E-state index in [4.69, 9.17) is 5.73 Å². The Labute approximate surface area is 91.3 Å². The van der Waals surface area contributed by atoms with E-state index in [1.54, 1.807) is 0 Å². The Kier molecular flexibility index (Phi) is 2.91. The summed E-state index contributed by atoms with van der Waals surface area (Å²) < 4.78 is 0. The van der Waals surface area contributed by atoms with Crippen LogP contribution in [0.1, 0.15) is 24.2 Å². The van der Waals surface area contributed by atoms with Gasteiger partial charge in [0, 0.05) is 24.8 Å². The second-order valence-electron chi connectivity index (χ2n) is 4.41. The van der Waals surface area contributed by atoms with E-state index < -0.39 is 0 Å². The van der Waals surface area contributed by atoms with Crippen LogP contribution in [0.4, 0.5) is 5.69 Å². The van der Waals surface area contributed by atoms with Crippen LogP contribution in [0.3, 0.4) is 0 Å². The molecule has 1 fully saturated rings. The fourth-order valence-electron chi connectivity index (χ4n) is 2.24. The van der Waals surface area contributed by atoms with Crippen LogP contribution in [0.15, 0.2) is 12.1 Å². The predicted molar refractivity (Wildman–Crippen MR) is 63.1 cm³/mol. The minimum atomic E-state index is 0.319. The molecule has 0 radical (unpaired) electrons. The summed E-state index contributed by atoms with van der Waals surface area (Å²) in [6, 6.07) is 4.55. The summed E-state index contributed by atoms with van der Waals surface area (Å²) in [6.07, 6.45) is 2.34. The van der Waals surface area contributed by atoms with Crippen LogP contribution >= 0.6 is 0 Å². The molecule has 0 bridgehead atoms. The summed E-state index contributed by atoms with van der Waals surface area (Å²) >= 11 is 0. The van der Waals surface area contributed by atoms with Crippen molar-refractivity contribution in [2.75, 3.05) is 18.0 Å². The van der Waals surface area contributed by atoms with Gasteiger partial charge in [0.1, 0.15) is 0 Å². The molecule has 2 heterocycles. The minimum absolute atomic E-state index is 0.319. The van der Waals surface area contributed by atoms with Crippen molar-refractivity contribution in [2.24, 2.45) is 5.73 Å². The first kappa shape index (κ1) is 10.4. The fraction of sp³-hybridized carbons (Fsp3) is 0.583. The lowest BCUT2D eigenvalue weighted by Crippen LogP contribution is -2.43. The highest BCUT2D eigenvalue weighted by atomic mass is 15.2. The van der Waals surface area contributed by atoms with Crippen molar-refractivity contribution >= 4 is 5.69 Å². The second kappa shape index (κ2) is 4.19. The van der Waals surface area contributed by atoms with Gasteiger partial charge in [-0.05, 0) is 38.8 Å². The summed E-state index contributed by atoms with van der Waals surface area (Å²) in [6.45, 7) is 6.17. The average molecular weight is 205 g/mol. The molecule has 15 heavy (non-hydrogen) atoms. The second-order valence-corrected chi connectivity index (χ2v) is 4.41. The Morgan fingerprint density at radius 2 is 2.20 bits per heavy atom. The van der Waals surface area contributed by atoms with Crippen molar-refractivity contribution in [2.45, 2.75) is 32.7 Å². The lowest BCUT2D eigenvalue weighted by atomic mass is 10.1. The normalized spacial score (nSPS) is 21.8. The largest absolute Gasteiger partial charge is 0.369 e. The number of hydrogen-bond donors (Lipinski definition) is 1. The molecule has 1 aliphatic rings. The Balaban J connectivity index is 2.21. The summed E-state index contributed by atoms with van der Waals surface area (Å²) in [5, 5.41) is 0. The SMILES string of the molecule is Cc1ccc(N2CCCC(N)C2)c(C)n1. The Morgan fingerprint density at radius 1 is 1.40 bits per heavy atom. The van der Waals surface area contributed by atoms with Crippen molar-refractivity contribution in [3.8, 4) is 0 Å². The third-order valence-electron chi connectivity index (χ3n) is 3.00. The lowest BCUT2D eigenvalue weighted by Gasteiger charge is -2.33. The van der Waals surface area contributed by atoms with Crippen molar-refractivity contribution in [1.82, 2.24) is 4.98 Å². The van der Waals surface area contributed by atoms with E-state index in [2.05, 4.69) is 28.9 Å². The van der Waals surface area contributed by atoms with E-state index in [0.29, 0.717) is 6.04 Å². The number of piperidine rings is 1. The van der Waals surface area contributed by atoms with Crippen molar-refractivity contribution < 1.29 is 0 Å². The maximum atomic E-state index is 5.98. The van der Waals surface area contributed by atoms with Gasteiger partial charge in [-0.3, -0.25) is 4.98 Å². The van der Waals surface area contributed by atoms with Crippen molar-refractivity contribution in [1.29, 1.82) is 0 Å². The Bertz CT molecular complexity index is 349. The number of nitrogens with two attached hydrogens (primary N) is 1. The smallest absolute Gasteiger partial charge is 0.0608 e. The van der Waals surface area contributed by atoms with E-state index in [0.717, 1.165) is 30.9 Å². The maximum Gasteiger partial charge on any atom is 0.0608 e. The molecule has 1 aromatic heterocycles. The zero-order chi connectivity index (χ0) is 10.8. The van der Waals surface area contributed by atoms with Crippen molar-refractivity contribution in [3.05, 3.63) is 23.5 Å².